The standard InChI is InChI=1S/C21H32N6O2/c1-14-15(19(25(5)24-14)27-8-10-29-11-9-27)12-26-7-6-17-16(13-26)18(28)23-20(22-17)21(2,3)4/h6-13H2,1-5H3,(H,22,23,28). The SMILES string of the molecule is Cc1nn(C)c(N2CCOCC2)c1CN1CCc2nc(C(C)(C)C)[nH]c(=O)c2C1. The fourth-order valence-corrected chi connectivity index (χ4v) is 4.24. The van der Waals surface area contributed by atoms with E-state index in [1.165, 1.54) is 11.4 Å². The van der Waals surface area contributed by atoms with Crippen LogP contribution in [0.4, 0.5) is 5.82 Å². The molecule has 2 aliphatic heterocycles. The monoisotopic (exact) mass is 400 g/mol. The molecular formula is C21H32N6O2. The molecule has 0 bridgehead atoms. The van der Waals surface area contributed by atoms with E-state index in [2.05, 4.69) is 47.6 Å². The molecule has 0 saturated carbocycles. The van der Waals surface area contributed by atoms with Crippen LogP contribution in [-0.4, -0.2) is 57.5 Å². The number of hydrogen-bond donors (Lipinski definition) is 1. The maximum Gasteiger partial charge on any atom is 0.255 e. The summed E-state index contributed by atoms with van der Waals surface area (Å²) in [6.45, 7) is 13.9. The fraction of sp³-hybridized carbons (Fsp3) is 0.667. The molecule has 0 aliphatic carbocycles. The summed E-state index contributed by atoms with van der Waals surface area (Å²) in [6.07, 6.45) is 0.800. The number of rotatable bonds is 3. The topological polar surface area (TPSA) is 79.3 Å². The van der Waals surface area contributed by atoms with Crippen LogP contribution >= 0.6 is 0 Å². The predicted molar refractivity (Wildman–Crippen MR) is 112 cm³/mol. The maximum absolute atomic E-state index is 12.8. The summed E-state index contributed by atoms with van der Waals surface area (Å²) in [5, 5.41) is 4.68. The van der Waals surface area contributed by atoms with Crippen molar-refractivity contribution in [3.05, 3.63) is 38.7 Å². The molecule has 0 amide bonds. The van der Waals surface area contributed by atoms with Gasteiger partial charge in [-0.25, -0.2) is 4.98 Å². The summed E-state index contributed by atoms with van der Waals surface area (Å²) < 4.78 is 7.50. The van der Waals surface area contributed by atoms with Crippen LogP contribution in [0.2, 0.25) is 0 Å². The van der Waals surface area contributed by atoms with E-state index in [1.807, 2.05) is 11.7 Å². The van der Waals surface area contributed by atoms with Gasteiger partial charge in [-0.2, -0.15) is 5.10 Å². The average Bonchev–Trinajstić information content (AvgIpc) is 2.95. The summed E-state index contributed by atoms with van der Waals surface area (Å²) in [5.74, 6) is 1.94. The lowest BCUT2D eigenvalue weighted by Gasteiger charge is -2.32. The number of nitrogens with zero attached hydrogens (tertiary/aromatic N) is 5. The third-order valence-electron chi connectivity index (χ3n) is 5.86. The number of ether oxygens (including phenoxy) is 1. The van der Waals surface area contributed by atoms with Gasteiger partial charge in [0.15, 0.2) is 0 Å². The van der Waals surface area contributed by atoms with Crippen molar-refractivity contribution in [1.82, 2.24) is 24.6 Å². The molecule has 1 fully saturated rings. The quantitative estimate of drug-likeness (QED) is 0.841. The molecule has 0 unspecified atom stereocenters. The van der Waals surface area contributed by atoms with Gasteiger partial charge in [-0.05, 0) is 6.92 Å². The first-order chi connectivity index (χ1) is 13.7. The third kappa shape index (κ3) is 3.96. The van der Waals surface area contributed by atoms with Crippen molar-refractivity contribution in [3.63, 3.8) is 0 Å². The van der Waals surface area contributed by atoms with Gasteiger partial charge in [0.2, 0.25) is 0 Å². The first-order valence-electron chi connectivity index (χ1n) is 10.4. The number of fused-ring (bicyclic) bond motifs is 1. The van der Waals surface area contributed by atoms with E-state index >= 15 is 0 Å². The van der Waals surface area contributed by atoms with Gasteiger partial charge in [-0.3, -0.25) is 14.4 Å². The smallest absolute Gasteiger partial charge is 0.255 e. The molecule has 1 N–H and O–H groups in total. The van der Waals surface area contributed by atoms with E-state index in [9.17, 15) is 4.79 Å². The first kappa shape index (κ1) is 20.1. The second-order valence-electron chi connectivity index (χ2n) is 9.16. The summed E-state index contributed by atoms with van der Waals surface area (Å²) in [6, 6.07) is 0. The Morgan fingerprint density at radius 2 is 1.90 bits per heavy atom. The highest BCUT2D eigenvalue weighted by Gasteiger charge is 2.27. The fourth-order valence-electron chi connectivity index (χ4n) is 4.24. The lowest BCUT2D eigenvalue weighted by atomic mass is 9.95. The highest BCUT2D eigenvalue weighted by molar-refractivity contribution is 5.50. The third-order valence-corrected chi connectivity index (χ3v) is 5.86. The molecule has 0 spiro atoms. The van der Waals surface area contributed by atoms with Crippen molar-refractivity contribution in [2.45, 2.75) is 52.6 Å². The van der Waals surface area contributed by atoms with Crippen LogP contribution in [0.15, 0.2) is 4.79 Å². The molecule has 1 saturated heterocycles. The zero-order chi connectivity index (χ0) is 20.8. The van der Waals surface area contributed by atoms with Crippen LogP contribution in [0.1, 0.15) is 49.1 Å². The Labute approximate surface area is 171 Å². The van der Waals surface area contributed by atoms with E-state index in [-0.39, 0.29) is 11.0 Å². The van der Waals surface area contributed by atoms with Crippen molar-refractivity contribution in [2.24, 2.45) is 7.05 Å². The number of H-pyrrole nitrogens is 1. The van der Waals surface area contributed by atoms with Crippen LogP contribution in [0, 0.1) is 6.92 Å². The van der Waals surface area contributed by atoms with Crippen LogP contribution in [0.25, 0.3) is 0 Å². The molecule has 0 radical (unpaired) electrons. The zero-order valence-electron chi connectivity index (χ0n) is 18.2. The van der Waals surface area contributed by atoms with E-state index in [0.29, 0.717) is 6.54 Å². The van der Waals surface area contributed by atoms with Gasteiger partial charge in [0.05, 0.1) is 30.2 Å². The normalized spacial score (nSPS) is 18.2. The van der Waals surface area contributed by atoms with Crippen molar-refractivity contribution in [2.75, 3.05) is 37.7 Å². The molecule has 29 heavy (non-hydrogen) atoms. The number of nitrogens with one attached hydrogen (secondary N) is 1. The van der Waals surface area contributed by atoms with Gasteiger partial charge in [0.1, 0.15) is 11.6 Å². The van der Waals surface area contributed by atoms with Crippen molar-refractivity contribution < 1.29 is 4.74 Å². The molecule has 0 aromatic carbocycles. The minimum absolute atomic E-state index is 0.000867. The number of hydrogen-bond acceptors (Lipinski definition) is 6. The van der Waals surface area contributed by atoms with E-state index in [0.717, 1.165) is 68.6 Å². The molecule has 8 nitrogen and oxygen atoms in total. The highest BCUT2D eigenvalue weighted by atomic mass is 16.5. The zero-order valence-corrected chi connectivity index (χ0v) is 18.2. The Morgan fingerprint density at radius 3 is 2.59 bits per heavy atom. The maximum atomic E-state index is 12.8. The molecule has 158 valence electrons. The summed E-state index contributed by atoms with van der Waals surface area (Å²) in [4.78, 5) is 25.2. The summed E-state index contributed by atoms with van der Waals surface area (Å²) in [5.41, 5.74) is 3.89. The summed E-state index contributed by atoms with van der Waals surface area (Å²) >= 11 is 0. The van der Waals surface area contributed by atoms with E-state index in [4.69, 9.17) is 9.72 Å². The van der Waals surface area contributed by atoms with Gasteiger partial charge >= 0.3 is 0 Å². The molecule has 2 aliphatic rings. The first-order valence-corrected chi connectivity index (χ1v) is 10.4. The lowest BCUT2D eigenvalue weighted by Crippen LogP contribution is -2.39. The number of anilines is 1. The van der Waals surface area contributed by atoms with Crippen LogP contribution in [0.5, 0.6) is 0 Å². The molecule has 4 rings (SSSR count). The van der Waals surface area contributed by atoms with Gasteiger partial charge in [0.25, 0.3) is 5.56 Å². The Morgan fingerprint density at radius 1 is 1.17 bits per heavy atom. The minimum atomic E-state index is -0.162. The van der Waals surface area contributed by atoms with Gasteiger partial charge in [-0.15, -0.1) is 0 Å². The Hall–Kier alpha value is -2.19. The number of aromatic nitrogens is 4. The van der Waals surface area contributed by atoms with Crippen LogP contribution < -0.4 is 10.5 Å². The van der Waals surface area contributed by atoms with Crippen LogP contribution in [-0.2, 0) is 36.7 Å². The van der Waals surface area contributed by atoms with Crippen molar-refractivity contribution in [1.29, 1.82) is 0 Å². The number of aromatic amines is 1. The Kier molecular flexibility index (Phi) is 5.25. The van der Waals surface area contributed by atoms with Crippen molar-refractivity contribution >= 4 is 5.82 Å². The molecular weight excluding hydrogens is 368 g/mol. The number of aryl methyl sites for hydroxylation is 2. The van der Waals surface area contributed by atoms with Crippen LogP contribution in [0.3, 0.4) is 0 Å². The van der Waals surface area contributed by atoms with Gasteiger partial charge < -0.3 is 14.6 Å². The average molecular weight is 401 g/mol. The van der Waals surface area contributed by atoms with Gasteiger partial charge in [-0.1, -0.05) is 20.8 Å². The Bertz CT molecular complexity index is 949. The highest BCUT2D eigenvalue weighted by Crippen LogP contribution is 2.28. The predicted octanol–water partition coefficient (Wildman–Crippen LogP) is 1.50. The largest absolute Gasteiger partial charge is 0.378 e. The second-order valence-corrected chi connectivity index (χ2v) is 9.16. The number of morpholine rings is 1. The molecule has 4 heterocycles. The Balaban J connectivity index is 1.58. The summed E-state index contributed by atoms with van der Waals surface area (Å²) in [7, 11) is 2.01. The molecule has 2 aromatic heterocycles. The van der Waals surface area contributed by atoms with Crippen molar-refractivity contribution in [3.8, 4) is 0 Å². The van der Waals surface area contributed by atoms with Gasteiger partial charge in [0, 0.05) is 57.2 Å². The second kappa shape index (κ2) is 7.57. The molecule has 0 atom stereocenters. The lowest BCUT2D eigenvalue weighted by molar-refractivity contribution is 0.122. The molecule has 2 aromatic rings. The minimum Gasteiger partial charge on any atom is -0.378 e. The molecule has 8 heteroatoms. The van der Waals surface area contributed by atoms with E-state index in [1.54, 1.807) is 0 Å². The van der Waals surface area contributed by atoms with E-state index < -0.39 is 0 Å².